The van der Waals surface area contributed by atoms with E-state index in [0.717, 1.165) is 0 Å². The Bertz CT molecular complexity index is 767. The second-order valence-electron chi connectivity index (χ2n) is 5.64. The Labute approximate surface area is 143 Å². The molecule has 6 nitrogen and oxygen atoms in total. The second-order valence-corrected chi connectivity index (χ2v) is 6.58. The van der Waals surface area contributed by atoms with Gasteiger partial charge in [0.1, 0.15) is 0 Å². The molecule has 1 fully saturated rings. The molecule has 1 saturated heterocycles. The fourth-order valence-corrected chi connectivity index (χ4v) is 3.18. The van der Waals surface area contributed by atoms with Gasteiger partial charge >= 0.3 is 0 Å². The summed E-state index contributed by atoms with van der Waals surface area (Å²) in [7, 11) is 0. The highest BCUT2D eigenvalue weighted by atomic mass is 32.1. The summed E-state index contributed by atoms with van der Waals surface area (Å²) < 4.78 is 0. The van der Waals surface area contributed by atoms with E-state index < -0.39 is 0 Å². The smallest absolute Gasteiger partial charge is 0.263 e. The van der Waals surface area contributed by atoms with E-state index in [0.29, 0.717) is 29.3 Å². The lowest BCUT2D eigenvalue weighted by Gasteiger charge is -2.37. The lowest BCUT2D eigenvalue weighted by Crippen LogP contribution is -2.54. The number of nitrogens with zero attached hydrogens (tertiary/aromatic N) is 1. The van der Waals surface area contributed by atoms with Crippen molar-refractivity contribution in [3.8, 4) is 0 Å². The number of benzene rings is 1. The minimum absolute atomic E-state index is 0.0262. The molecule has 1 aliphatic heterocycles. The van der Waals surface area contributed by atoms with Crippen molar-refractivity contribution in [2.75, 3.05) is 23.7 Å². The standard InChI is InChI=1S/C17H17N3O3S/c1-11(21)18-13-4-2-5-14(8-13)19-16(22)12-9-20(10-12)17(23)15-6-3-7-24-15/h2-8,12H,9-10H2,1H3,(H,18,21)(H,19,22). The van der Waals surface area contributed by atoms with Crippen LogP contribution in [0.5, 0.6) is 0 Å². The summed E-state index contributed by atoms with van der Waals surface area (Å²) in [5.74, 6) is -0.523. The molecule has 24 heavy (non-hydrogen) atoms. The maximum atomic E-state index is 12.2. The molecule has 0 atom stereocenters. The average Bonchev–Trinajstić information content (AvgIpc) is 2.99. The van der Waals surface area contributed by atoms with Gasteiger partial charge in [-0.2, -0.15) is 0 Å². The topological polar surface area (TPSA) is 78.5 Å². The van der Waals surface area contributed by atoms with Crippen molar-refractivity contribution in [1.29, 1.82) is 0 Å². The van der Waals surface area contributed by atoms with E-state index in [1.807, 2.05) is 11.4 Å². The highest BCUT2D eigenvalue weighted by molar-refractivity contribution is 7.12. The zero-order chi connectivity index (χ0) is 17.1. The van der Waals surface area contributed by atoms with Crippen LogP contribution in [-0.4, -0.2) is 35.7 Å². The van der Waals surface area contributed by atoms with Gasteiger partial charge in [0.05, 0.1) is 10.8 Å². The van der Waals surface area contributed by atoms with Gasteiger partial charge in [-0.25, -0.2) is 0 Å². The largest absolute Gasteiger partial charge is 0.336 e. The first-order valence-electron chi connectivity index (χ1n) is 7.54. The normalized spacial score (nSPS) is 14.0. The summed E-state index contributed by atoms with van der Waals surface area (Å²) in [5.41, 5.74) is 1.25. The van der Waals surface area contributed by atoms with E-state index in [-0.39, 0.29) is 23.6 Å². The average molecular weight is 343 g/mol. The molecule has 3 amide bonds. The summed E-state index contributed by atoms with van der Waals surface area (Å²) >= 11 is 1.40. The summed E-state index contributed by atoms with van der Waals surface area (Å²) in [6, 6.07) is 10.6. The van der Waals surface area contributed by atoms with Gasteiger partial charge in [0.2, 0.25) is 11.8 Å². The molecule has 0 aliphatic carbocycles. The Kier molecular flexibility index (Phi) is 4.61. The molecule has 3 rings (SSSR count). The first-order chi connectivity index (χ1) is 11.5. The van der Waals surface area contributed by atoms with E-state index in [1.165, 1.54) is 18.3 Å². The Morgan fingerprint density at radius 3 is 2.42 bits per heavy atom. The number of thiophene rings is 1. The van der Waals surface area contributed by atoms with Crippen LogP contribution < -0.4 is 10.6 Å². The molecule has 0 radical (unpaired) electrons. The van der Waals surface area contributed by atoms with Gasteiger partial charge in [-0.05, 0) is 29.6 Å². The van der Waals surface area contributed by atoms with Gasteiger partial charge in [-0.1, -0.05) is 12.1 Å². The number of carbonyl (C=O) groups is 3. The minimum Gasteiger partial charge on any atom is -0.336 e. The first-order valence-corrected chi connectivity index (χ1v) is 8.42. The van der Waals surface area contributed by atoms with Gasteiger partial charge in [0.15, 0.2) is 0 Å². The number of hydrogen-bond acceptors (Lipinski definition) is 4. The van der Waals surface area contributed by atoms with Crippen molar-refractivity contribution in [2.24, 2.45) is 5.92 Å². The van der Waals surface area contributed by atoms with Crippen LogP contribution in [0.2, 0.25) is 0 Å². The number of nitrogens with one attached hydrogen (secondary N) is 2. The van der Waals surface area contributed by atoms with Crippen LogP contribution in [-0.2, 0) is 9.59 Å². The highest BCUT2D eigenvalue weighted by Crippen LogP contribution is 2.23. The number of likely N-dealkylation sites (tertiary alicyclic amines) is 1. The summed E-state index contributed by atoms with van der Waals surface area (Å²) in [6.45, 7) is 2.28. The minimum atomic E-state index is -0.210. The molecule has 0 unspecified atom stereocenters. The fourth-order valence-electron chi connectivity index (χ4n) is 2.49. The molecule has 2 heterocycles. The van der Waals surface area contributed by atoms with Crippen molar-refractivity contribution >= 4 is 40.4 Å². The number of carbonyl (C=O) groups excluding carboxylic acids is 3. The van der Waals surface area contributed by atoms with E-state index in [1.54, 1.807) is 35.2 Å². The van der Waals surface area contributed by atoms with Gasteiger partial charge in [-0.3, -0.25) is 14.4 Å². The zero-order valence-corrected chi connectivity index (χ0v) is 13.9. The molecular weight excluding hydrogens is 326 g/mol. The summed E-state index contributed by atoms with van der Waals surface area (Å²) in [6.07, 6.45) is 0. The van der Waals surface area contributed by atoms with Gasteiger partial charge in [0, 0.05) is 31.4 Å². The van der Waals surface area contributed by atoms with E-state index in [4.69, 9.17) is 0 Å². The maximum Gasteiger partial charge on any atom is 0.263 e. The first kappa shape index (κ1) is 16.2. The molecule has 1 aromatic heterocycles. The van der Waals surface area contributed by atoms with Crippen LogP contribution in [0.25, 0.3) is 0 Å². The molecular formula is C17H17N3O3S. The van der Waals surface area contributed by atoms with Crippen LogP contribution in [0.3, 0.4) is 0 Å². The number of hydrogen-bond donors (Lipinski definition) is 2. The van der Waals surface area contributed by atoms with Gasteiger partial charge in [-0.15, -0.1) is 11.3 Å². The van der Waals surface area contributed by atoms with Crippen LogP contribution in [0, 0.1) is 5.92 Å². The lowest BCUT2D eigenvalue weighted by atomic mass is 9.98. The Hall–Kier alpha value is -2.67. The molecule has 0 bridgehead atoms. The van der Waals surface area contributed by atoms with E-state index >= 15 is 0 Å². The maximum absolute atomic E-state index is 12.2. The summed E-state index contributed by atoms with van der Waals surface area (Å²) in [4.78, 5) is 37.8. The third-order valence-corrected chi connectivity index (χ3v) is 4.58. The van der Waals surface area contributed by atoms with Crippen LogP contribution >= 0.6 is 11.3 Å². The predicted octanol–water partition coefficient (Wildman–Crippen LogP) is 2.42. The molecule has 2 N–H and O–H groups in total. The van der Waals surface area contributed by atoms with Crippen molar-refractivity contribution in [2.45, 2.75) is 6.92 Å². The van der Waals surface area contributed by atoms with E-state index in [2.05, 4.69) is 10.6 Å². The Morgan fingerprint density at radius 2 is 1.79 bits per heavy atom. The third-order valence-electron chi connectivity index (χ3n) is 3.72. The fraction of sp³-hybridized carbons (Fsp3) is 0.235. The number of anilines is 2. The van der Waals surface area contributed by atoms with Crippen LogP contribution in [0.15, 0.2) is 41.8 Å². The predicted molar refractivity (Wildman–Crippen MR) is 93.1 cm³/mol. The monoisotopic (exact) mass is 343 g/mol. The lowest BCUT2D eigenvalue weighted by molar-refractivity contribution is -0.123. The van der Waals surface area contributed by atoms with Crippen molar-refractivity contribution in [3.05, 3.63) is 46.7 Å². The Balaban J connectivity index is 1.54. The van der Waals surface area contributed by atoms with Gasteiger partial charge in [0.25, 0.3) is 5.91 Å². The van der Waals surface area contributed by atoms with Crippen LogP contribution in [0.1, 0.15) is 16.6 Å². The van der Waals surface area contributed by atoms with Gasteiger partial charge < -0.3 is 15.5 Å². The second kappa shape index (κ2) is 6.84. The molecule has 0 saturated carbocycles. The summed E-state index contributed by atoms with van der Waals surface area (Å²) in [5, 5.41) is 7.36. The molecule has 1 aromatic carbocycles. The highest BCUT2D eigenvalue weighted by Gasteiger charge is 2.36. The third kappa shape index (κ3) is 3.62. The van der Waals surface area contributed by atoms with Crippen molar-refractivity contribution < 1.29 is 14.4 Å². The molecule has 0 spiro atoms. The number of amides is 3. The molecule has 124 valence electrons. The van der Waals surface area contributed by atoms with Crippen LogP contribution in [0.4, 0.5) is 11.4 Å². The molecule has 2 aromatic rings. The number of rotatable bonds is 4. The molecule has 7 heteroatoms. The Morgan fingerprint density at radius 1 is 1.08 bits per heavy atom. The van der Waals surface area contributed by atoms with E-state index in [9.17, 15) is 14.4 Å². The SMILES string of the molecule is CC(=O)Nc1cccc(NC(=O)C2CN(C(=O)c3cccs3)C2)c1. The van der Waals surface area contributed by atoms with Crippen molar-refractivity contribution in [1.82, 2.24) is 4.90 Å². The molecule has 1 aliphatic rings. The van der Waals surface area contributed by atoms with Crippen molar-refractivity contribution in [3.63, 3.8) is 0 Å². The zero-order valence-electron chi connectivity index (χ0n) is 13.1. The quantitative estimate of drug-likeness (QED) is 0.895.